The van der Waals surface area contributed by atoms with Crippen LogP contribution in [-0.4, -0.2) is 11.5 Å². The summed E-state index contributed by atoms with van der Waals surface area (Å²) in [5.41, 5.74) is 2.39. The van der Waals surface area contributed by atoms with Crippen LogP contribution < -0.4 is 0 Å². The number of rotatable bonds is 1. The molecule has 0 fully saturated rings. The molecule has 0 bridgehead atoms. The van der Waals surface area contributed by atoms with Gasteiger partial charge in [0.25, 0.3) is 0 Å². The van der Waals surface area contributed by atoms with E-state index in [0.717, 1.165) is 16.0 Å². The first-order valence-electron chi connectivity index (χ1n) is 6.07. The largest absolute Gasteiger partial charge is 0.289 e. The van der Waals surface area contributed by atoms with Crippen molar-refractivity contribution in [2.75, 3.05) is 5.75 Å². The Morgan fingerprint density at radius 2 is 1.85 bits per heavy atom. The number of carbonyl (C=O) groups is 1. The maximum atomic E-state index is 12.5. The average Bonchev–Trinajstić information content (AvgIpc) is 2.43. The number of hydrogen-bond acceptors (Lipinski definition) is 2. The van der Waals surface area contributed by atoms with Crippen LogP contribution in [0.4, 0.5) is 0 Å². The van der Waals surface area contributed by atoms with Gasteiger partial charge in [0.15, 0.2) is 5.78 Å². The first-order valence-corrected chi connectivity index (χ1v) is 7.81. The van der Waals surface area contributed by atoms with Gasteiger partial charge in [0.1, 0.15) is 0 Å². The molecule has 20 heavy (non-hydrogen) atoms. The smallest absolute Gasteiger partial charge is 0.191 e. The minimum atomic E-state index is 0.0428. The molecule has 2 aromatic carbocycles. The fourth-order valence-corrected chi connectivity index (χ4v) is 3.47. The molecule has 2 aromatic rings. The molecular weight excluding hydrogens is 311 g/mol. The standard InChI is InChI=1S/C16H10Cl2OS/c17-12-3-1-2-10(7-12)6-11-9-20-15-5-4-13(18)8-14(15)16(11)19/h1-8H,9H2/b11-6+. The lowest BCUT2D eigenvalue weighted by atomic mass is 10.0. The summed E-state index contributed by atoms with van der Waals surface area (Å²) in [7, 11) is 0. The van der Waals surface area contributed by atoms with Crippen LogP contribution in [0.3, 0.4) is 0 Å². The molecule has 100 valence electrons. The van der Waals surface area contributed by atoms with Crippen LogP contribution in [0.1, 0.15) is 15.9 Å². The fourth-order valence-electron chi connectivity index (χ4n) is 2.10. The lowest BCUT2D eigenvalue weighted by Crippen LogP contribution is -2.12. The lowest BCUT2D eigenvalue weighted by Gasteiger charge is -2.17. The zero-order valence-corrected chi connectivity index (χ0v) is 12.7. The fraction of sp³-hybridized carbons (Fsp3) is 0.0625. The van der Waals surface area contributed by atoms with Crippen molar-refractivity contribution >= 4 is 46.8 Å². The molecule has 1 aliphatic rings. The molecule has 4 heteroatoms. The van der Waals surface area contributed by atoms with Gasteiger partial charge in [-0.05, 0) is 42.0 Å². The molecule has 0 saturated heterocycles. The predicted molar refractivity (Wildman–Crippen MR) is 85.9 cm³/mol. The van der Waals surface area contributed by atoms with E-state index >= 15 is 0 Å². The number of hydrogen-bond donors (Lipinski definition) is 0. The lowest BCUT2D eigenvalue weighted by molar-refractivity contribution is 0.103. The van der Waals surface area contributed by atoms with Crippen LogP contribution >= 0.6 is 35.0 Å². The van der Waals surface area contributed by atoms with E-state index in [4.69, 9.17) is 23.2 Å². The van der Waals surface area contributed by atoms with Gasteiger partial charge in [0.05, 0.1) is 0 Å². The van der Waals surface area contributed by atoms with E-state index in [1.807, 2.05) is 42.5 Å². The van der Waals surface area contributed by atoms with Crippen LogP contribution in [0.15, 0.2) is 52.9 Å². The highest BCUT2D eigenvalue weighted by molar-refractivity contribution is 7.99. The summed E-state index contributed by atoms with van der Waals surface area (Å²) in [6.07, 6.45) is 1.89. The Hall–Kier alpha value is -1.22. The van der Waals surface area contributed by atoms with E-state index in [9.17, 15) is 4.79 Å². The third-order valence-corrected chi connectivity index (χ3v) is 4.64. The Kier molecular flexibility index (Phi) is 3.88. The summed E-state index contributed by atoms with van der Waals surface area (Å²) in [5.74, 6) is 0.709. The van der Waals surface area contributed by atoms with Gasteiger partial charge in [0, 0.05) is 31.8 Å². The van der Waals surface area contributed by atoms with E-state index in [-0.39, 0.29) is 5.78 Å². The summed E-state index contributed by atoms with van der Waals surface area (Å²) in [6, 6.07) is 12.9. The molecule has 0 N–H and O–H groups in total. The topological polar surface area (TPSA) is 17.1 Å². The predicted octanol–water partition coefficient (Wildman–Crippen LogP) is 5.37. The van der Waals surface area contributed by atoms with Gasteiger partial charge >= 0.3 is 0 Å². The normalized spacial score (nSPS) is 16.3. The van der Waals surface area contributed by atoms with E-state index in [1.165, 1.54) is 0 Å². The Balaban J connectivity index is 2.00. The van der Waals surface area contributed by atoms with Gasteiger partial charge in [0.2, 0.25) is 0 Å². The van der Waals surface area contributed by atoms with Gasteiger partial charge in [-0.1, -0.05) is 35.3 Å². The summed E-state index contributed by atoms with van der Waals surface area (Å²) in [5, 5.41) is 1.25. The summed E-state index contributed by atoms with van der Waals surface area (Å²) in [4.78, 5) is 13.5. The number of Topliss-reactive ketones (excluding diaryl/α,β-unsaturated/α-hetero) is 1. The average molecular weight is 321 g/mol. The Labute approximate surface area is 131 Å². The first-order chi connectivity index (χ1) is 9.63. The van der Waals surface area contributed by atoms with Crippen molar-refractivity contribution in [1.82, 2.24) is 0 Å². The molecule has 0 radical (unpaired) electrons. The molecule has 0 unspecified atom stereocenters. The van der Waals surface area contributed by atoms with Gasteiger partial charge in [-0.25, -0.2) is 0 Å². The van der Waals surface area contributed by atoms with Crippen LogP contribution in [0.2, 0.25) is 10.0 Å². The minimum absolute atomic E-state index is 0.0428. The molecule has 3 rings (SSSR count). The number of halogens is 2. The summed E-state index contributed by atoms with van der Waals surface area (Å²) < 4.78 is 0. The number of carbonyl (C=O) groups excluding carboxylic acids is 1. The van der Waals surface area contributed by atoms with Crippen molar-refractivity contribution in [3.63, 3.8) is 0 Å². The second-order valence-electron chi connectivity index (χ2n) is 4.48. The molecule has 0 saturated carbocycles. The van der Waals surface area contributed by atoms with Gasteiger partial charge in [-0.15, -0.1) is 11.8 Å². The van der Waals surface area contributed by atoms with Gasteiger partial charge in [-0.2, -0.15) is 0 Å². The molecule has 1 aliphatic heterocycles. The van der Waals surface area contributed by atoms with E-state index < -0.39 is 0 Å². The van der Waals surface area contributed by atoms with Crippen LogP contribution in [0, 0.1) is 0 Å². The maximum absolute atomic E-state index is 12.5. The highest BCUT2D eigenvalue weighted by atomic mass is 35.5. The number of benzene rings is 2. The molecule has 0 aromatic heterocycles. The van der Waals surface area contributed by atoms with Gasteiger partial charge in [-0.3, -0.25) is 4.79 Å². The summed E-state index contributed by atoms with van der Waals surface area (Å²) in [6.45, 7) is 0. The third-order valence-electron chi connectivity index (χ3n) is 3.05. The second kappa shape index (κ2) is 5.65. The number of thioether (sulfide) groups is 1. The molecule has 0 aliphatic carbocycles. The SMILES string of the molecule is O=C1/C(=C/c2cccc(Cl)c2)CSc2ccc(Cl)cc21. The van der Waals surface area contributed by atoms with E-state index in [0.29, 0.717) is 21.4 Å². The van der Waals surface area contributed by atoms with Crippen molar-refractivity contribution in [3.05, 3.63) is 69.2 Å². The molecule has 0 spiro atoms. The zero-order chi connectivity index (χ0) is 14.1. The van der Waals surface area contributed by atoms with E-state index in [1.54, 1.807) is 17.8 Å². The van der Waals surface area contributed by atoms with Crippen molar-refractivity contribution < 1.29 is 4.79 Å². The van der Waals surface area contributed by atoms with Crippen LogP contribution in [0.5, 0.6) is 0 Å². The minimum Gasteiger partial charge on any atom is -0.289 e. The third kappa shape index (κ3) is 2.78. The Morgan fingerprint density at radius 1 is 1.05 bits per heavy atom. The van der Waals surface area contributed by atoms with E-state index in [2.05, 4.69) is 0 Å². The number of ketones is 1. The zero-order valence-electron chi connectivity index (χ0n) is 10.4. The van der Waals surface area contributed by atoms with Crippen molar-refractivity contribution in [1.29, 1.82) is 0 Å². The molecular formula is C16H10Cl2OS. The quantitative estimate of drug-likeness (QED) is 0.657. The molecule has 0 atom stereocenters. The van der Waals surface area contributed by atoms with Crippen LogP contribution in [-0.2, 0) is 0 Å². The van der Waals surface area contributed by atoms with Crippen molar-refractivity contribution in [3.8, 4) is 0 Å². The van der Waals surface area contributed by atoms with Crippen molar-refractivity contribution in [2.24, 2.45) is 0 Å². The Bertz CT molecular complexity index is 722. The molecule has 1 heterocycles. The van der Waals surface area contributed by atoms with Crippen molar-refractivity contribution in [2.45, 2.75) is 4.90 Å². The van der Waals surface area contributed by atoms with Crippen LogP contribution in [0.25, 0.3) is 6.08 Å². The highest BCUT2D eigenvalue weighted by Crippen LogP contribution is 2.35. The summed E-state index contributed by atoms with van der Waals surface area (Å²) >= 11 is 13.6. The highest BCUT2D eigenvalue weighted by Gasteiger charge is 2.22. The molecule has 0 amide bonds. The van der Waals surface area contributed by atoms with Gasteiger partial charge < -0.3 is 0 Å². The Morgan fingerprint density at radius 3 is 2.65 bits per heavy atom. The second-order valence-corrected chi connectivity index (χ2v) is 6.37. The number of fused-ring (bicyclic) bond motifs is 1. The molecule has 1 nitrogen and oxygen atoms in total. The maximum Gasteiger partial charge on any atom is 0.191 e. The first kappa shape index (κ1) is 13.7. The monoisotopic (exact) mass is 320 g/mol.